The normalized spacial score (nSPS) is 29.3. The van der Waals surface area contributed by atoms with E-state index in [1.165, 1.54) is 27.2 Å². The highest BCUT2D eigenvalue weighted by atomic mass is 19.1. The number of phenols is 2. The lowest BCUT2D eigenvalue weighted by Gasteiger charge is -2.38. The number of fused-ring (bicyclic) bond motifs is 3. The Kier molecular flexibility index (Phi) is 18.1. The molecular weight excluding hydrogens is 1190 g/mol. The number of nitrogens with one attached hydrogen (secondary N) is 1. The van der Waals surface area contributed by atoms with Gasteiger partial charge in [0.25, 0.3) is 11.7 Å². The number of carboxylic acids is 1. The molecule has 11 rings (SSSR count). The van der Waals surface area contributed by atoms with Gasteiger partial charge in [-0.15, -0.1) is 0 Å². The van der Waals surface area contributed by atoms with Gasteiger partial charge in [0.15, 0.2) is 28.7 Å². The Labute approximate surface area is 522 Å². The minimum Gasteiger partial charge on any atom is -0.507 e. The van der Waals surface area contributed by atoms with Gasteiger partial charge in [-0.05, 0) is 55.9 Å². The average Bonchev–Trinajstić information content (AvgIpc) is 1.59. The van der Waals surface area contributed by atoms with Gasteiger partial charge in [0.05, 0.1) is 52.0 Å². The van der Waals surface area contributed by atoms with Gasteiger partial charge < -0.3 is 65.3 Å². The summed E-state index contributed by atoms with van der Waals surface area (Å²) in [5.74, 6) is -10.1. The number of ketones is 1. The molecule has 3 fully saturated rings. The molecule has 22 nitrogen and oxygen atoms in total. The third-order valence-corrected chi connectivity index (χ3v) is 18.8. The minimum atomic E-state index is -1.96. The number of Topliss-reactive ketones (excluding diaryl/α,β-unsaturated/α-hetero) is 1. The zero-order valence-electron chi connectivity index (χ0n) is 52.5. The third kappa shape index (κ3) is 12.2. The lowest BCUT2D eigenvalue weighted by atomic mass is 9.78. The van der Waals surface area contributed by atoms with E-state index in [1.54, 1.807) is 70.7 Å². The molecule has 2 aromatic heterocycles. The quantitative estimate of drug-likeness (QED) is 0.0663. The fourth-order valence-corrected chi connectivity index (χ4v) is 13.4. The number of anilines is 2. The number of hydrogen-bond donors (Lipinski definition) is 7. The average molecular weight is 1260 g/mol. The Morgan fingerprint density at radius 1 is 0.901 bits per heavy atom. The Balaban J connectivity index is 0.000000251. The first-order valence-electron chi connectivity index (χ1n) is 30.4. The second kappa shape index (κ2) is 25.1. The summed E-state index contributed by atoms with van der Waals surface area (Å²) in [4.78, 5) is 83.7. The number of piperidine rings is 2. The summed E-state index contributed by atoms with van der Waals surface area (Å²) in [6, 6.07) is 3.69. The van der Waals surface area contributed by atoms with Gasteiger partial charge in [-0.25, -0.2) is 22.9 Å². The van der Waals surface area contributed by atoms with Gasteiger partial charge in [0.2, 0.25) is 5.43 Å². The van der Waals surface area contributed by atoms with Crippen LogP contribution in [0.5, 0.6) is 17.2 Å². The molecule has 2 saturated heterocycles. The van der Waals surface area contributed by atoms with Gasteiger partial charge >= 0.3 is 17.7 Å². The topological polar surface area (TPSA) is 310 Å². The summed E-state index contributed by atoms with van der Waals surface area (Å²) in [6.07, 6.45) is 5.95. The first-order valence-corrected chi connectivity index (χ1v) is 30.4. The van der Waals surface area contributed by atoms with Gasteiger partial charge in [0.1, 0.15) is 45.8 Å². The molecule has 486 valence electrons. The van der Waals surface area contributed by atoms with Gasteiger partial charge in [-0.1, -0.05) is 59.8 Å². The van der Waals surface area contributed by atoms with Crippen molar-refractivity contribution in [2.45, 2.75) is 124 Å². The second-order valence-electron chi connectivity index (χ2n) is 25.6. The molecule has 5 aromatic rings. The highest BCUT2D eigenvalue weighted by Gasteiger charge is 2.55. The van der Waals surface area contributed by atoms with Crippen LogP contribution in [0.4, 0.5) is 24.7 Å². The van der Waals surface area contributed by atoms with Crippen molar-refractivity contribution in [1.29, 1.82) is 0 Å². The number of aliphatic hydroxyl groups excluding tert-OH is 2. The van der Waals surface area contributed by atoms with Crippen LogP contribution in [0.25, 0.3) is 27.5 Å². The Hall–Kier alpha value is -8.23. The van der Waals surface area contributed by atoms with Crippen LogP contribution in [-0.2, 0) is 23.8 Å². The minimum absolute atomic E-state index is 0.0272. The number of phenolic OH excluding ortho intramolecular Hbond substituents is 2. The molecular formula is C66H77F3N8O14. The van der Waals surface area contributed by atoms with E-state index < -0.39 is 117 Å². The Bertz CT molecular complexity index is 4080. The highest BCUT2D eigenvalue weighted by molar-refractivity contribution is 6.19. The number of benzene rings is 3. The zero-order chi connectivity index (χ0) is 66.2. The number of rotatable bonds is 7. The number of carbonyl (C=O) groups is 4. The third-order valence-electron chi connectivity index (χ3n) is 18.8. The van der Waals surface area contributed by atoms with E-state index in [4.69, 9.17) is 34.7 Å². The first kappa shape index (κ1) is 65.7. The highest BCUT2D eigenvalue weighted by Crippen LogP contribution is 2.50. The number of nitrogens with two attached hydrogens (primary N) is 1. The smallest absolute Gasteiger partial charge is 0.341 e. The number of amides is 1. The Morgan fingerprint density at radius 2 is 1.57 bits per heavy atom. The Morgan fingerprint density at radius 3 is 2.20 bits per heavy atom. The largest absolute Gasteiger partial charge is 0.507 e. The number of ether oxygens (including phenoxy) is 4. The maximum atomic E-state index is 14.8. The van der Waals surface area contributed by atoms with E-state index in [1.807, 2.05) is 0 Å². The molecule has 1 unspecified atom stereocenters. The summed E-state index contributed by atoms with van der Waals surface area (Å²) in [5.41, 5.74) is 3.37. The van der Waals surface area contributed by atoms with Crippen LogP contribution < -0.4 is 36.8 Å². The van der Waals surface area contributed by atoms with E-state index in [0.717, 1.165) is 35.5 Å². The zero-order valence-corrected chi connectivity index (χ0v) is 52.5. The lowest BCUT2D eigenvalue weighted by Crippen LogP contribution is -2.46. The second-order valence-corrected chi connectivity index (χ2v) is 25.6. The molecule has 7 heterocycles. The number of carbonyl (C=O) groups excluding carboxylic acids is 3. The molecule has 91 heavy (non-hydrogen) atoms. The van der Waals surface area contributed by atoms with Crippen molar-refractivity contribution >= 4 is 56.9 Å². The fourth-order valence-electron chi connectivity index (χ4n) is 13.4. The van der Waals surface area contributed by atoms with Crippen molar-refractivity contribution < 1.29 is 76.8 Å². The molecule has 6 aliphatic rings. The number of hydrogen-bond acceptors (Lipinski definition) is 19. The van der Waals surface area contributed by atoms with Crippen molar-refractivity contribution in [3.63, 3.8) is 0 Å². The summed E-state index contributed by atoms with van der Waals surface area (Å²) in [7, 11) is 1.47. The number of halogens is 3. The van der Waals surface area contributed by atoms with Crippen LogP contribution in [0.3, 0.4) is 0 Å². The number of allylic oxidation sites excluding steroid dienone is 2. The SMILES string of the molecule is CO[C@H]1/C=C\O[C@@]2(C)Oc3c(C)c(O)c4c(O)c(c5c(c4c3C2=O)=NC2(CCN(CC(C)C)CC2)N=5)NC(=O)/C(C)=C/C=C\[C@H](C)[C@H](O)[C@@H](C)[C@@H](O)[C@H](C)[C@@H](OC(C)=O)[C@@H]1C.NC1[C@H]2CN(c3nc4c(cc3F)c(=O)c(C(=O)O)cn4-c3ccc(F)cc3F)C[C@@H]12. The number of nitrogens with zero attached hydrogens (tertiary/aromatic N) is 6. The van der Waals surface area contributed by atoms with Crippen LogP contribution in [-0.4, -0.2) is 145 Å². The molecule has 0 radical (unpaired) electrons. The number of aliphatic hydroxyl groups is 2. The molecule has 1 spiro atoms. The number of aromatic nitrogens is 2. The molecule has 8 N–H and O–H groups in total. The molecule has 1 amide bonds. The van der Waals surface area contributed by atoms with Crippen molar-refractivity contribution in [3.05, 3.63) is 122 Å². The van der Waals surface area contributed by atoms with Gasteiger partial charge in [-0.3, -0.25) is 33.7 Å². The van der Waals surface area contributed by atoms with Crippen LogP contribution in [0.1, 0.15) is 101 Å². The fraction of sp³-hybridized carbons (Fsp3) is 0.485. The van der Waals surface area contributed by atoms with Crippen LogP contribution in [0.2, 0.25) is 0 Å². The van der Waals surface area contributed by atoms with E-state index in [-0.39, 0.29) is 95.8 Å². The van der Waals surface area contributed by atoms with Crippen molar-refractivity contribution in [2.24, 2.45) is 57.1 Å². The maximum absolute atomic E-state index is 14.8. The van der Waals surface area contributed by atoms with E-state index >= 15 is 0 Å². The van der Waals surface area contributed by atoms with E-state index in [9.17, 15) is 62.7 Å². The summed E-state index contributed by atoms with van der Waals surface area (Å²) in [5, 5.41) is 59.2. The summed E-state index contributed by atoms with van der Waals surface area (Å²) < 4.78 is 67.7. The number of methoxy groups -OCH3 is 1. The van der Waals surface area contributed by atoms with Crippen molar-refractivity contribution in [1.82, 2.24) is 14.5 Å². The number of esters is 1. The molecule has 1 saturated carbocycles. The molecule has 4 bridgehead atoms. The maximum Gasteiger partial charge on any atom is 0.341 e. The first-order chi connectivity index (χ1) is 42.9. The number of likely N-dealkylation sites (tertiary alicyclic amines) is 1. The van der Waals surface area contributed by atoms with Gasteiger partial charge in [0, 0.05) is 125 Å². The van der Waals surface area contributed by atoms with Crippen molar-refractivity contribution in [2.75, 3.05) is 50.1 Å². The standard InChI is InChI=1S/C46H62N4O11.C20H15F3N4O3/c1-22(2)21-50-18-16-46(17-19-50)48-34-31-32-39(54)28(8)42-33(31)43(56)45(10,61-42)59-20-15-30(58-11)25(5)41(60-29(9)51)27(7)38(53)26(6)37(52)23(3)13-12-14-24(4)44(57)47-36(40(32)55)35(34)49-46;21-8-1-2-15(13(22)3-8)27-7-12(20(29)30)17(28)9-4-14(23)19(25-18(9)27)26-5-10-11(6-26)16(10)24/h12-15,20,22-23,25-27,30,37-38,41,52-55H,16-19,21H2,1-11H3,(H,47,57);1-4,7,10-11,16H,5-6,24H2,(H,29,30)/b13-12-,20-15-,24-14+;/t23-,25+,26+,27-,30-,37-,38+,41-,45-;10-,11+,16?/m0./s1. The van der Waals surface area contributed by atoms with Crippen LogP contribution in [0, 0.1) is 65.8 Å². The predicted octanol–water partition coefficient (Wildman–Crippen LogP) is 6.64. The monoisotopic (exact) mass is 1260 g/mol. The number of carboxylic acid groups (broad SMARTS) is 1. The van der Waals surface area contributed by atoms with Crippen LogP contribution in [0.15, 0.2) is 81.4 Å². The summed E-state index contributed by atoms with van der Waals surface area (Å²) >= 11 is 0. The van der Waals surface area contributed by atoms with Crippen molar-refractivity contribution in [3.8, 4) is 22.9 Å². The lowest BCUT2D eigenvalue weighted by molar-refractivity contribution is -0.160. The summed E-state index contributed by atoms with van der Waals surface area (Å²) in [6.45, 7) is 20.5. The predicted molar refractivity (Wildman–Crippen MR) is 329 cm³/mol. The molecule has 5 aliphatic heterocycles. The van der Waals surface area contributed by atoms with E-state index in [2.05, 4.69) is 29.0 Å². The van der Waals surface area contributed by atoms with Gasteiger partial charge in [-0.2, -0.15) is 0 Å². The number of aromatic carboxylic acids is 1. The molecule has 3 aromatic carbocycles. The number of aromatic hydroxyl groups is 2. The molecule has 25 heteroatoms. The van der Waals surface area contributed by atoms with Crippen LogP contribution >= 0.6 is 0 Å². The molecule has 1 aliphatic carbocycles. The molecule has 12 atom stereocenters. The number of pyridine rings is 2. The van der Waals surface area contributed by atoms with E-state index in [0.29, 0.717) is 51.0 Å².